The molecule has 4 nitrogen and oxygen atoms in total. The van der Waals surface area contributed by atoms with Gasteiger partial charge in [-0.05, 0) is 24.8 Å². The highest BCUT2D eigenvalue weighted by atomic mass is 16.5. The lowest BCUT2D eigenvalue weighted by Gasteiger charge is -2.60. The Balaban J connectivity index is 1.75. The Hall–Kier alpha value is -0.940. The zero-order chi connectivity index (χ0) is 18.2. The van der Waals surface area contributed by atoms with E-state index in [1.165, 1.54) is 44.1 Å². The molecule has 2 fully saturated rings. The first-order chi connectivity index (χ1) is 12.8. The summed E-state index contributed by atoms with van der Waals surface area (Å²) in [7, 11) is 0. The summed E-state index contributed by atoms with van der Waals surface area (Å²) in [6, 6.07) is 10.7. The molecule has 0 bridgehead atoms. The Morgan fingerprint density at radius 3 is 2.35 bits per heavy atom. The van der Waals surface area contributed by atoms with E-state index in [-0.39, 0.29) is 11.8 Å². The van der Waals surface area contributed by atoms with Crippen molar-refractivity contribution in [1.82, 2.24) is 15.3 Å². The van der Waals surface area contributed by atoms with Crippen LogP contribution in [0.3, 0.4) is 0 Å². The minimum absolute atomic E-state index is 0.0612. The van der Waals surface area contributed by atoms with Crippen LogP contribution in [-0.4, -0.2) is 48.5 Å². The molecule has 1 radical (unpaired) electrons. The molecule has 1 aromatic rings. The van der Waals surface area contributed by atoms with Crippen molar-refractivity contribution in [1.29, 1.82) is 0 Å². The quantitative estimate of drug-likeness (QED) is 0.582. The molecule has 1 spiro atoms. The predicted octanol–water partition coefficient (Wildman–Crippen LogP) is 4.36. The van der Waals surface area contributed by atoms with Gasteiger partial charge in [-0.3, -0.25) is 0 Å². The third kappa shape index (κ3) is 4.30. The standard InChI is InChI=1S/C22H36N3O/c1-3-5-10-16-24(17-11-6-4-2)25-18-14-22(25)21(26-19-15-23-22)20-12-8-7-9-13-20/h7-9,12-13,21H,3-6,10-11,14-19H2,1-2H3. The van der Waals surface area contributed by atoms with Crippen molar-refractivity contribution in [2.24, 2.45) is 0 Å². The van der Waals surface area contributed by atoms with Crippen molar-refractivity contribution in [3.05, 3.63) is 35.9 Å². The first kappa shape index (κ1) is 19.8. The molecule has 3 rings (SSSR count). The lowest BCUT2D eigenvalue weighted by Crippen LogP contribution is -2.74. The lowest BCUT2D eigenvalue weighted by atomic mass is 9.84. The highest BCUT2D eigenvalue weighted by Gasteiger charge is 2.56. The maximum atomic E-state index is 6.29. The van der Waals surface area contributed by atoms with Gasteiger partial charge >= 0.3 is 0 Å². The second-order valence-electron chi connectivity index (χ2n) is 7.66. The topological polar surface area (TPSA) is 29.8 Å². The summed E-state index contributed by atoms with van der Waals surface area (Å²) in [6.07, 6.45) is 8.86. The molecule has 26 heavy (non-hydrogen) atoms. The van der Waals surface area contributed by atoms with Crippen molar-refractivity contribution in [3.8, 4) is 0 Å². The lowest BCUT2D eigenvalue weighted by molar-refractivity contribution is -0.259. The van der Waals surface area contributed by atoms with Crippen LogP contribution in [0, 0.1) is 0 Å². The molecule has 1 aromatic carbocycles. The van der Waals surface area contributed by atoms with E-state index in [1.54, 1.807) is 0 Å². The molecule has 2 saturated heterocycles. The van der Waals surface area contributed by atoms with Crippen molar-refractivity contribution in [2.75, 3.05) is 32.8 Å². The number of hydrogen-bond acceptors (Lipinski definition) is 3. The van der Waals surface area contributed by atoms with E-state index in [9.17, 15) is 0 Å². The maximum Gasteiger partial charge on any atom is 0.132 e. The van der Waals surface area contributed by atoms with Crippen LogP contribution in [0.4, 0.5) is 0 Å². The molecule has 4 heteroatoms. The van der Waals surface area contributed by atoms with Crippen LogP contribution in [0.15, 0.2) is 30.3 Å². The van der Waals surface area contributed by atoms with Crippen molar-refractivity contribution >= 4 is 0 Å². The fraction of sp³-hybridized carbons (Fsp3) is 0.727. The fourth-order valence-electron chi connectivity index (χ4n) is 4.31. The van der Waals surface area contributed by atoms with E-state index in [0.717, 1.165) is 39.2 Å². The second-order valence-corrected chi connectivity index (χ2v) is 7.66. The molecule has 0 N–H and O–H groups in total. The SMILES string of the molecule is CCCCCN(CCCCC)N1CCC12[N]CCOC2c1ccccc1. The number of benzene rings is 1. The van der Waals surface area contributed by atoms with Gasteiger partial charge in [0.2, 0.25) is 0 Å². The van der Waals surface area contributed by atoms with Gasteiger partial charge in [-0.2, -0.15) is 0 Å². The summed E-state index contributed by atoms with van der Waals surface area (Å²) < 4.78 is 6.29. The Labute approximate surface area is 159 Å². The minimum atomic E-state index is -0.183. The Bertz CT molecular complexity index is 513. The molecule has 0 amide bonds. The summed E-state index contributed by atoms with van der Waals surface area (Å²) in [6.45, 7) is 9.52. The molecule has 2 unspecified atom stereocenters. The van der Waals surface area contributed by atoms with Crippen molar-refractivity contribution in [2.45, 2.75) is 70.6 Å². The normalized spacial score (nSPS) is 26.3. The summed E-state index contributed by atoms with van der Waals surface area (Å²) >= 11 is 0. The van der Waals surface area contributed by atoms with E-state index in [4.69, 9.17) is 10.1 Å². The van der Waals surface area contributed by atoms with Gasteiger partial charge in [-0.25, -0.2) is 15.3 Å². The summed E-state index contributed by atoms with van der Waals surface area (Å²) in [5.74, 6) is 0. The Morgan fingerprint density at radius 1 is 1.08 bits per heavy atom. The van der Waals surface area contributed by atoms with Gasteiger partial charge in [-0.15, -0.1) is 0 Å². The van der Waals surface area contributed by atoms with E-state index in [2.05, 4.69) is 54.2 Å². The van der Waals surface area contributed by atoms with Gasteiger partial charge in [0.15, 0.2) is 0 Å². The van der Waals surface area contributed by atoms with E-state index < -0.39 is 0 Å². The number of unbranched alkanes of at least 4 members (excludes halogenated alkanes) is 4. The van der Waals surface area contributed by atoms with Gasteiger partial charge in [0.25, 0.3) is 0 Å². The number of rotatable bonds is 10. The van der Waals surface area contributed by atoms with Gasteiger partial charge < -0.3 is 4.74 Å². The summed E-state index contributed by atoms with van der Waals surface area (Å²) in [5.41, 5.74) is 1.08. The summed E-state index contributed by atoms with van der Waals surface area (Å²) in [5, 5.41) is 10.3. The van der Waals surface area contributed by atoms with Crippen LogP contribution in [0.5, 0.6) is 0 Å². The molecule has 0 aromatic heterocycles. The van der Waals surface area contributed by atoms with E-state index in [1.807, 2.05) is 0 Å². The second kappa shape index (κ2) is 9.84. The zero-order valence-corrected chi connectivity index (χ0v) is 16.7. The first-order valence-electron chi connectivity index (χ1n) is 10.7. The average molecular weight is 359 g/mol. The Kier molecular flexibility index (Phi) is 7.50. The largest absolute Gasteiger partial charge is 0.369 e. The monoisotopic (exact) mass is 358 g/mol. The molecule has 2 aliphatic heterocycles. The highest BCUT2D eigenvalue weighted by molar-refractivity contribution is 5.24. The molecule has 2 heterocycles. The molecule has 0 saturated carbocycles. The van der Waals surface area contributed by atoms with Crippen LogP contribution < -0.4 is 5.32 Å². The third-order valence-electron chi connectivity index (χ3n) is 5.80. The minimum Gasteiger partial charge on any atom is -0.369 e. The number of nitrogens with zero attached hydrogens (tertiary/aromatic N) is 3. The van der Waals surface area contributed by atoms with Crippen LogP contribution in [-0.2, 0) is 4.74 Å². The fourth-order valence-corrected chi connectivity index (χ4v) is 4.31. The molecule has 2 atom stereocenters. The molecule has 2 aliphatic rings. The zero-order valence-electron chi connectivity index (χ0n) is 16.7. The van der Waals surface area contributed by atoms with Gasteiger partial charge in [0.05, 0.1) is 6.61 Å². The van der Waals surface area contributed by atoms with Crippen LogP contribution >= 0.6 is 0 Å². The van der Waals surface area contributed by atoms with Gasteiger partial charge in [0, 0.05) is 26.2 Å². The number of morpholine rings is 1. The number of hydrogen-bond donors (Lipinski definition) is 0. The number of ether oxygens (including phenoxy) is 1. The van der Waals surface area contributed by atoms with Gasteiger partial charge in [0.1, 0.15) is 11.8 Å². The van der Waals surface area contributed by atoms with Crippen molar-refractivity contribution < 1.29 is 4.74 Å². The molecule has 0 aliphatic carbocycles. The predicted molar refractivity (Wildman–Crippen MR) is 107 cm³/mol. The van der Waals surface area contributed by atoms with Crippen LogP contribution in [0.2, 0.25) is 0 Å². The third-order valence-corrected chi connectivity index (χ3v) is 5.80. The molecular weight excluding hydrogens is 322 g/mol. The van der Waals surface area contributed by atoms with Gasteiger partial charge in [-0.1, -0.05) is 69.9 Å². The molecule has 145 valence electrons. The average Bonchev–Trinajstić information content (AvgIpc) is 2.68. The molecular formula is C22H36N3O. The van der Waals surface area contributed by atoms with E-state index >= 15 is 0 Å². The van der Waals surface area contributed by atoms with E-state index in [0.29, 0.717) is 0 Å². The first-order valence-corrected chi connectivity index (χ1v) is 10.7. The van der Waals surface area contributed by atoms with Crippen LogP contribution in [0.25, 0.3) is 0 Å². The number of hydrazine groups is 1. The summed E-state index contributed by atoms with van der Waals surface area (Å²) in [4.78, 5) is 0. The van der Waals surface area contributed by atoms with Crippen LogP contribution in [0.1, 0.15) is 70.5 Å². The van der Waals surface area contributed by atoms with Crippen molar-refractivity contribution in [3.63, 3.8) is 0 Å². The highest BCUT2D eigenvalue weighted by Crippen LogP contribution is 2.45. The Morgan fingerprint density at radius 2 is 1.77 bits per heavy atom. The maximum absolute atomic E-state index is 6.29. The smallest absolute Gasteiger partial charge is 0.132 e.